The van der Waals surface area contributed by atoms with Gasteiger partial charge in [0.1, 0.15) is 5.75 Å². The van der Waals surface area contributed by atoms with E-state index in [2.05, 4.69) is 34.2 Å². The molecule has 3 aromatic rings. The van der Waals surface area contributed by atoms with Crippen LogP contribution in [0, 0.1) is 0 Å². The molecule has 0 atom stereocenters. The molecule has 0 saturated carbocycles. The van der Waals surface area contributed by atoms with Crippen molar-refractivity contribution in [1.82, 2.24) is 24.7 Å². The van der Waals surface area contributed by atoms with Gasteiger partial charge in [-0.25, -0.2) is 4.52 Å². The third-order valence-corrected chi connectivity index (χ3v) is 5.98. The Hall–Kier alpha value is -2.49. The normalized spacial score (nSPS) is 17.6. The standard InChI is InChI=1S/C22H30BN5O3/c1-7-12-27(6)14-16-8-11-20(26-25-16)29-17-9-10-19-18(13-24-28(19)15-17)23-30-21(2,3)22(4,5)31-23/h8-11,13,15H,7,12,14H2,1-6H3. The number of nitrogens with zero attached hydrogens (tertiary/aromatic N) is 5. The molecule has 0 radical (unpaired) electrons. The third-order valence-electron chi connectivity index (χ3n) is 5.98. The molecular weight excluding hydrogens is 393 g/mol. The van der Waals surface area contributed by atoms with Gasteiger partial charge in [-0.05, 0) is 65.9 Å². The second-order valence-electron chi connectivity index (χ2n) is 9.09. The maximum absolute atomic E-state index is 6.17. The first-order chi connectivity index (χ1) is 14.7. The molecule has 0 aromatic carbocycles. The Morgan fingerprint density at radius 3 is 2.45 bits per heavy atom. The van der Waals surface area contributed by atoms with Crippen LogP contribution in [0.5, 0.6) is 11.6 Å². The van der Waals surface area contributed by atoms with Crippen LogP contribution in [0.25, 0.3) is 5.52 Å². The average Bonchev–Trinajstić information content (AvgIpc) is 3.20. The van der Waals surface area contributed by atoms with E-state index in [4.69, 9.17) is 14.0 Å². The van der Waals surface area contributed by atoms with Gasteiger partial charge >= 0.3 is 7.12 Å². The summed E-state index contributed by atoms with van der Waals surface area (Å²) in [4.78, 5) is 2.22. The van der Waals surface area contributed by atoms with Crippen molar-refractivity contribution >= 4 is 18.1 Å². The van der Waals surface area contributed by atoms with E-state index >= 15 is 0 Å². The first kappa shape index (κ1) is 21.7. The SMILES string of the molecule is CCCN(C)Cc1ccc(Oc2ccc3c(B4OC(C)(C)C(C)(C)O4)cnn3c2)nn1. The summed E-state index contributed by atoms with van der Waals surface area (Å²) in [5.74, 6) is 1.07. The maximum atomic E-state index is 6.17. The summed E-state index contributed by atoms with van der Waals surface area (Å²) in [5, 5.41) is 12.9. The van der Waals surface area contributed by atoms with Gasteiger partial charge in [-0.1, -0.05) is 6.92 Å². The summed E-state index contributed by atoms with van der Waals surface area (Å²) in [6, 6.07) is 7.61. The number of ether oxygens (including phenoxy) is 1. The van der Waals surface area contributed by atoms with E-state index in [0.717, 1.165) is 36.2 Å². The molecule has 0 bridgehead atoms. The Kier molecular flexibility index (Phi) is 5.76. The van der Waals surface area contributed by atoms with Gasteiger partial charge in [-0.2, -0.15) is 10.2 Å². The minimum absolute atomic E-state index is 0.398. The fourth-order valence-corrected chi connectivity index (χ4v) is 3.54. The van der Waals surface area contributed by atoms with E-state index in [1.54, 1.807) is 10.7 Å². The van der Waals surface area contributed by atoms with Crippen LogP contribution < -0.4 is 10.2 Å². The van der Waals surface area contributed by atoms with Crippen molar-refractivity contribution in [2.45, 2.75) is 58.8 Å². The zero-order chi connectivity index (χ0) is 22.2. The van der Waals surface area contributed by atoms with Crippen molar-refractivity contribution in [3.63, 3.8) is 0 Å². The number of pyridine rings is 1. The first-order valence-electron chi connectivity index (χ1n) is 10.7. The second kappa shape index (κ2) is 8.22. The van der Waals surface area contributed by atoms with Crippen molar-refractivity contribution in [1.29, 1.82) is 0 Å². The van der Waals surface area contributed by atoms with Gasteiger partial charge in [0.05, 0.1) is 28.6 Å². The summed E-state index contributed by atoms with van der Waals surface area (Å²) in [5.41, 5.74) is 1.92. The smallest absolute Gasteiger partial charge is 0.436 e. The Morgan fingerprint density at radius 1 is 1.06 bits per heavy atom. The largest absolute Gasteiger partial charge is 0.498 e. The van der Waals surface area contributed by atoms with Gasteiger partial charge in [0.25, 0.3) is 0 Å². The van der Waals surface area contributed by atoms with Gasteiger partial charge in [-0.3, -0.25) is 0 Å². The second-order valence-corrected chi connectivity index (χ2v) is 9.09. The molecule has 0 spiro atoms. The topological polar surface area (TPSA) is 74.0 Å². The quantitative estimate of drug-likeness (QED) is 0.541. The Balaban J connectivity index is 1.47. The number of hydrogen-bond acceptors (Lipinski definition) is 7. The molecule has 8 nitrogen and oxygen atoms in total. The highest BCUT2D eigenvalue weighted by Crippen LogP contribution is 2.36. The fourth-order valence-electron chi connectivity index (χ4n) is 3.54. The Bertz CT molecular complexity index is 1030. The number of hydrogen-bond donors (Lipinski definition) is 0. The lowest BCUT2D eigenvalue weighted by Gasteiger charge is -2.32. The first-order valence-corrected chi connectivity index (χ1v) is 10.7. The molecule has 1 fully saturated rings. The lowest BCUT2D eigenvalue weighted by Crippen LogP contribution is -2.41. The zero-order valence-electron chi connectivity index (χ0n) is 19.1. The summed E-state index contributed by atoms with van der Waals surface area (Å²) in [7, 11) is 1.62. The minimum atomic E-state index is -0.460. The molecule has 3 aromatic heterocycles. The lowest BCUT2D eigenvalue weighted by molar-refractivity contribution is 0.00578. The highest BCUT2D eigenvalue weighted by atomic mass is 16.7. The van der Waals surface area contributed by atoms with E-state index in [9.17, 15) is 0 Å². The van der Waals surface area contributed by atoms with Gasteiger partial charge in [0.15, 0.2) is 0 Å². The van der Waals surface area contributed by atoms with Gasteiger partial charge in [0, 0.05) is 24.3 Å². The molecule has 31 heavy (non-hydrogen) atoms. The predicted octanol–water partition coefficient (Wildman–Crippen LogP) is 3.06. The van der Waals surface area contributed by atoms with Gasteiger partial charge in [0.2, 0.25) is 5.88 Å². The number of rotatable bonds is 7. The summed E-state index contributed by atoms with van der Waals surface area (Å²) in [6.45, 7) is 12.1. The van der Waals surface area contributed by atoms with Crippen LogP contribution >= 0.6 is 0 Å². The van der Waals surface area contributed by atoms with E-state index in [-0.39, 0.29) is 0 Å². The van der Waals surface area contributed by atoms with E-state index in [0.29, 0.717) is 11.6 Å². The van der Waals surface area contributed by atoms with Gasteiger partial charge < -0.3 is 18.9 Å². The van der Waals surface area contributed by atoms with Crippen molar-refractivity contribution in [3.05, 3.63) is 42.4 Å². The number of fused-ring (bicyclic) bond motifs is 1. The monoisotopic (exact) mass is 423 g/mol. The predicted molar refractivity (Wildman–Crippen MR) is 120 cm³/mol. The molecule has 1 saturated heterocycles. The summed E-state index contributed by atoms with van der Waals surface area (Å²) < 4.78 is 20.0. The molecule has 4 rings (SSSR count). The fraction of sp³-hybridized carbons (Fsp3) is 0.500. The Morgan fingerprint density at radius 2 is 1.81 bits per heavy atom. The van der Waals surface area contributed by atoms with E-state index in [1.165, 1.54) is 0 Å². The summed E-state index contributed by atoms with van der Waals surface area (Å²) in [6.07, 6.45) is 4.70. The molecule has 164 valence electrons. The van der Waals surface area contributed by atoms with Crippen LogP contribution in [0.4, 0.5) is 0 Å². The van der Waals surface area contributed by atoms with E-state index < -0.39 is 18.3 Å². The van der Waals surface area contributed by atoms with Gasteiger partial charge in [-0.15, -0.1) is 5.10 Å². The molecule has 0 unspecified atom stereocenters. The van der Waals surface area contributed by atoms with Crippen molar-refractivity contribution in [2.75, 3.05) is 13.6 Å². The average molecular weight is 423 g/mol. The van der Waals surface area contributed by atoms with Crippen LogP contribution in [0.15, 0.2) is 36.7 Å². The van der Waals surface area contributed by atoms with Crippen molar-refractivity contribution in [3.8, 4) is 11.6 Å². The lowest BCUT2D eigenvalue weighted by atomic mass is 9.80. The van der Waals surface area contributed by atoms with Crippen molar-refractivity contribution in [2.24, 2.45) is 0 Å². The molecule has 9 heteroatoms. The molecule has 1 aliphatic heterocycles. The van der Waals surface area contributed by atoms with Crippen LogP contribution in [0.3, 0.4) is 0 Å². The van der Waals surface area contributed by atoms with Crippen LogP contribution in [0.2, 0.25) is 0 Å². The molecule has 4 heterocycles. The molecule has 0 amide bonds. The third kappa shape index (κ3) is 4.44. The maximum Gasteiger partial charge on any atom is 0.498 e. The molecule has 0 N–H and O–H groups in total. The Labute approximate surface area is 183 Å². The van der Waals surface area contributed by atoms with E-state index in [1.807, 2.05) is 58.2 Å². The zero-order valence-corrected chi connectivity index (χ0v) is 19.1. The minimum Gasteiger partial charge on any atom is -0.436 e. The molecule has 1 aliphatic rings. The number of aromatic nitrogens is 4. The van der Waals surface area contributed by atoms with Crippen LogP contribution in [0.1, 0.15) is 46.7 Å². The van der Waals surface area contributed by atoms with Crippen molar-refractivity contribution < 1.29 is 14.0 Å². The van der Waals surface area contributed by atoms with Crippen LogP contribution in [-0.2, 0) is 15.9 Å². The van der Waals surface area contributed by atoms with Crippen LogP contribution in [-0.4, -0.2) is 56.6 Å². The summed E-state index contributed by atoms with van der Waals surface area (Å²) >= 11 is 0. The molecular formula is C22H30BN5O3. The highest BCUT2D eigenvalue weighted by molar-refractivity contribution is 6.64. The highest BCUT2D eigenvalue weighted by Gasteiger charge is 2.52. The molecule has 0 aliphatic carbocycles.